The van der Waals surface area contributed by atoms with Crippen molar-refractivity contribution >= 4 is 15.8 Å². The second kappa shape index (κ2) is 8.94. The second-order valence-electron chi connectivity index (χ2n) is 5.94. The minimum Gasteiger partial charge on any atom is -0.493 e. The Balaban J connectivity index is 1.95. The number of hydrogen-bond acceptors (Lipinski definition) is 5. The van der Waals surface area contributed by atoms with Gasteiger partial charge in [0.25, 0.3) is 0 Å². The molecule has 0 aromatic heterocycles. The molecular formula is C17H27N3O4S. The lowest BCUT2D eigenvalue weighted by Crippen LogP contribution is -2.44. The fourth-order valence-electron chi connectivity index (χ4n) is 2.76. The molecule has 1 aromatic rings. The predicted molar refractivity (Wildman–Crippen MR) is 99.4 cm³/mol. The van der Waals surface area contributed by atoms with Crippen LogP contribution in [-0.2, 0) is 16.3 Å². The first-order valence-corrected chi connectivity index (χ1v) is 10.3. The molecule has 25 heavy (non-hydrogen) atoms. The average Bonchev–Trinajstić information content (AvgIpc) is 2.93. The monoisotopic (exact) mass is 369 g/mol. The maximum absolute atomic E-state index is 11.6. The molecule has 1 fully saturated rings. The average molecular weight is 369 g/mol. The normalized spacial score (nSPS) is 19.5. The highest BCUT2D eigenvalue weighted by molar-refractivity contribution is 7.91. The Bertz CT molecular complexity index is 704. The minimum atomic E-state index is -2.90. The van der Waals surface area contributed by atoms with Crippen LogP contribution in [0.4, 0.5) is 0 Å². The molecule has 0 spiro atoms. The first kappa shape index (κ1) is 19.4. The third kappa shape index (κ3) is 5.81. The Morgan fingerprint density at radius 1 is 1.28 bits per heavy atom. The van der Waals surface area contributed by atoms with Gasteiger partial charge >= 0.3 is 0 Å². The number of sulfone groups is 1. The van der Waals surface area contributed by atoms with Gasteiger partial charge in [-0.1, -0.05) is 6.07 Å². The van der Waals surface area contributed by atoms with Crippen LogP contribution in [-0.4, -0.2) is 59.2 Å². The number of aliphatic imine (C=N–C) groups is 1. The molecule has 0 bridgehead atoms. The standard InChI is InChI=1S/C17H27N3O4S/c1-4-18-17(20-14-8-10-25(21,22)12-14)19-9-7-13-5-6-15(23-2)16(11-13)24-3/h5-6,11,14H,4,7-10,12H2,1-3H3,(H2,18,19,20). The minimum absolute atomic E-state index is 0.0659. The summed E-state index contributed by atoms with van der Waals surface area (Å²) in [6, 6.07) is 5.74. The highest BCUT2D eigenvalue weighted by atomic mass is 32.2. The van der Waals surface area contributed by atoms with Crippen molar-refractivity contribution in [1.29, 1.82) is 0 Å². The van der Waals surface area contributed by atoms with Gasteiger partial charge < -0.3 is 20.1 Å². The number of guanidine groups is 1. The lowest BCUT2D eigenvalue weighted by molar-refractivity contribution is 0.354. The van der Waals surface area contributed by atoms with Crippen LogP contribution < -0.4 is 20.1 Å². The Hall–Kier alpha value is -1.96. The van der Waals surface area contributed by atoms with Crippen LogP contribution in [0.2, 0.25) is 0 Å². The van der Waals surface area contributed by atoms with E-state index in [0.29, 0.717) is 30.4 Å². The van der Waals surface area contributed by atoms with E-state index in [1.165, 1.54) is 0 Å². The van der Waals surface area contributed by atoms with E-state index in [-0.39, 0.29) is 17.5 Å². The van der Waals surface area contributed by atoms with Gasteiger partial charge in [0, 0.05) is 19.1 Å². The molecule has 8 heteroatoms. The van der Waals surface area contributed by atoms with Crippen LogP contribution >= 0.6 is 0 Å². The van der Waals surface area contributed by atoms with E-state index < -0.39 is 9.84 Å². The van der Waals surface area contributed by atoms with Crippen LogP contribution in [0.3, 0.4) is 0 Å². The topological polar surface area (TPSA) is 89.0 Å². The van der Waals surface area contributed by atoms with E-state index in [4.69, 9.17) is 9.47 Å². The highest BCUT2D eigenvalue weighted by Gasteiger charge is 2.28. The van der Waals surface area contributed by atoms with Crippen molar-refractivity contribution in [2.45, 2.75) is 25.8 Å². The molecule has 1 aliphatic heterocycles. The van der Waals surface area contributed by atoms with Crippen LogP contribution in [0.25, 0.3) is 0 Å². The van der Waals surface area contributed by atoms with Crippen molar-refractivity contribution in [3.8, 4) is 11.5 Å². The lowest BCUT2D eigenvalue weighted by atomic mass is 10.1. The number of nitrogens with one attached hydrogen (secondary N) is 2. The van der Waals surface area contributed by atoms with Crippen LogP contribution in [0.5, 0.6) is 11.5 Å². The zero-order chi connectivity index (χ0) is 18.3. The van der Waals surface area contributed by atoms with Gasteiger partial charge in [0.15, 0.2) is 27.3 Å². The van der Waals surface area contributed by atoms with E-state index in [9.17, 15) is 8.42 Å². The van der Waals surface area contributed by atoms with Crippen LogP contribution in [0.1, 0.15) is 18.9 Å². The van der Waals surface area contributed by atoms with E-state index in [1.807, 2.05) is 25.1 Å². The van der Waals surface area contributed by atoms with E-state index in [2.05, 4.69) is 15.6 Å². The van der Waals surface area contributed by atoms with Gasteiger partial charge in [-0.3, -0.25) is 4.99 Å². The number of nitrogens with zero attached hydrogens (tertiary/aromatic N) is 1. The predicted octanol–water partition coefficient (Wildman–Crippen LogP) is 0.989. The number of ether oxygens (including phenoxy) is 2. The second-order valence-corrected chi connectivity index (χ2v) is 8.17. The molecule has 1 aromatic carbocycles. The van der Waals surface area contributed by atoms with Gasteiger partial charge in [0.05, 0.1) is 25.7 Å². The molecule has 7 nitrogen and oxygen atoms in total. The maximum Gasteiger partial charge on any atom is 0.191 e. The molecule has 0 saturated carbocycles. The van der Waals surface area contributed by atoms with Gasteiger partial charge in [-0.2, -0.15) is 0 Å². The van der Waals surface area contributed by atoms with E-state index >= 15 is 0 Å². The Labute approximate surface area is 149 Å². The molecule has 1 aliphatic rings. The largest absolute Gasteiger partial charge is 0.493 e. The highest BCUT2D eigenvalue weighted by Crippen LogP contribution is 2.27. The lowest BCUT2D eigenvalue weighted by Gasteiger charge is -2.16. The zero-order valence-corrected chi connectivity index (χ0v) is 15.9. The fraction of sp³-hybridized carbons (Fsp3) is 0.588. The molecule has 1 heterocycles. The van der Waals surface area contributed by atoms with E-state index in [0.717, 1.165) is 18.5 Å². The summed E-state index contributed by atoms with van der Waals surface area (Å²) in [5.74, 6) is 2.48. The molecule has 140 valence electrons. The third-order valence-corrected chi connectivity index (χ3v) is 5.80. The summed E-state index contributed by atoms with van der Waals surface area (Å²) in [5, 5.41) is 6.38. The number of rotatable bonds is 7. The molecule has 2 N–H and O–H groups in total. The molecule has 0 amide bonds. The molecule has 0 aliphatic carbocycles. The zero-order valence-electron chi connectivity index (χ0n) is 15.0. The molecular weight excluding hydrogens is 342 g/mol. The van der Waals surface area contributed by atoms with Crippen molar-refractivity contribution < 1.29 is 17.9 Å². The SMILES string of the molecule is CCNC(=NCCc1ccc(OC)c(OC)c1)NC1CCS(=O)(=O)C1. The summed E-state index contributed by atoms with van der Waals surface area (Å²) in [6.45, 7) is 3.29. The Kier molecular flexibility index (Phi) is 6.92. The number of benzene rings is 1. The number of hydrogen-bond donors (Lipinski definition) is 2. The van der Waals surface area contributed by atoms with Gasteiger partial charge in [0.1, 0.15) is 0 Å². The summed E-state index contributed by atoms with van der Waals surface area (Å²) < 4.78 is 33.7. The number of methoxy groups -OCH3 is 2. The first-order chi connectivity index (χ1) is 12.0. The summed E-state index contributed by atoms with van der Waals surface area (Å²) in [7, 11) is 0.319. The molecule has 2 rings (SSSR count). The Morgan fingerprint density at radius 3 is 2.64 bits per heavy atom. The summed E-state index contributed by atoms with van der Waals surface area (Å²) in [6.07, 6.45) is 1.38. The summed E-state index contributed by atoms with van der Waals surface area (Å²) in [4.78, 5) is 4.55. The molecule has 1 saturated heterocycles. The third-order valence-electron chi connectivity index (χ3n) is 4.04. The Morgan fingerprint density at radius 2 is 2.04 bits per heavy atom. The fourth-order valence-corrected chi connectivity index (χ4v) is 4.43. The van der Waals surface area contributed by atoms with Gasteiger partial charge in [-0.25, -0.2) is 8.42 Å². The maximum atomic E-state index is 11.6. The van der Waals surface area contributed by atoms with Crippen molar-refractivity contribution in [2.24, 2.45) is 4.99 Å². The molecule has 1 atom stereocenters. The molecule has 0 radical (unpaired) electrons. The summed E-state index contributed by atoms with van der Waals surface area (Å²) >= 11 is 0. The molecule has 1 unspecified atom stereocenters. The van der Waals surface area contributed by atoms with Crippen molar-refractivity contribution in [1.82, 2.24) is 10.6 Å². The van der Waals surface area contributed by atoms with Crippen molar-refractivity contribution in [3.05, 3.63) is 23.8 Å². The van der Waals surface area contributed by atoms with Crippen molar-refractivity contribution in [3.63, 3.8) is 0 Å². The quantitative estimate of drug-likeness (QED) is 0.550. The smallest absolute Gasteiger partial charge is 0.191 e. The van der Waals surface area contributed by atoms with Crippen molar-refractivity contribution in [2.75, 3.05) is 38.8 Å². The van der Waals surface area contributed by atoms with Gasteiger partial charge in [0.2, 0.25) is 0 Å². The van der Waals surface area contributed by atoms with Gasteiger partial charge in [-0.05, 0) is 37.5 Å². The summed E-state index contributed by atoms with van der Waals surface area (Å²) in [5.41, 5.74) is 1.10. The van der Waals surface area contributed by atoms with Crippen LogP contribution in [0.15, 0.2) is 23.2 Å². The first-order valence-electron chi connectivity index (χ1n) is 8.43. The van der Waals surface area contributed by atoms with E-state index in [1.54, 1.807) is 14.2 Å². The van der Waals surface area contributed by atoms with Crippen LogP contribution in [0, 0.1) is 0 Å². The van der Waals surface area contributed by atoms with Gasteiger partial charge in [-0.15, -0.1) is 0 Å².